The Kier molecular flexibility index (Phi) is 5.07. The highest BCUT2D eigenvalue weighted by atomic mass is 16.5. The summed E-state index contributed by atoms with van der Waals surface area (Å²) in [5.41, 5.74) is 1.09. The van der Waals surface area contributed by atoms with E-state index in [1.165, 1.54) is 0 Å². The normalized spacial score (nSPS) is 20.6. The first kappa shape index (κ1) is 16.8. The third kappa shape index (κ3) is 3.89. The number of nitrogens with zero attached hydrogens (tertiary/aromatic N) is 1. The molecule has 1 N–H and O–H groups in total. The van der Waals surface area contributed by atoms with Gasteiger partial charge in [0.2, 0.25) is 5.91 Å². The number of likely N-dealkylation sites (tertiary alicyclic amines) is 1. The summed E-state index contributed by atoms with van der Waals surface area (Å²) in [7, 11) is 0. The van der Waals surface area contributed by atoms with Gasteiger partial charge in [-0.1, -0.05) is 32.0 Å². The summed E-state index contributed by atoms with van der Waals surface area (Å²) in [5.74, 6) is 1.38. The van der Waals surface area contributed by atoms with Gasteiger partial charge in [-0.05, 0) is 30.4 Å². The summed E-state index contributed by atoms with van der Waals surface area (Å²) in [6.45, 7) is 5.57. The molecule has 1 aromatic rings. The molecule has 2 heterocycles. The van der Waals surface area contributed by atoms with Crippen molar-refractivity contribution >= 4 is 11.8 Å². The Labute approximate surface area is 143 Å². The monoisotopic (exact) mass is 330 g/mol. The van der Waals surface area contributed by atoms with E-state index in [-0.39, 0.29) is 17.9 Å². The van der Waals surface area contributed by atoms with Gasteiger partial charge in [0, 0.05) is 32.0 Å². The predicted molar refractivity (Wildman–Crippen MR) is 91.8 cm³/mol. The number of para-hydroxylation sites is 1. The molecular formula is C19H26N2O3. The van der Waals surface area contributed by atoms with Gasteiger partial charge in [-0.3, -0.25) is 9.59 Å². The van der Waals surface area contributed by atoms with Crippen LogP contribution in [0.2, 0.25) is 0 Å². The molecule has 2 amide bonds. The molecule has 0 unspecified atom stereocenters. The number of fused-ring (bicyclic) bond motifs is 1. The van der Waals surface area contributed by atoms with E-state index in [9.17, 15) is 9.59 Å². The molecule has 0 aromatic heterocycles. The summed E-state index contributed by atoms with van der Waals surface area (Å²) >= 11 is 0. The lowest BCUT2D eigenvalue weighted by Crippen LogP contribution is -2.49. The van der Waals surface area contributed by atoms with Gasteiger partial charge in [0.25, 0.3) is 5.91 Å². The number of piperidine rings is 1. The van der Waals surface area contributed by atoms with Crippen LogP contribution in [0.15, 0.2) is 24.3 Å². The number of carbonyl (C=O) groups is 2. The maximum atomic E-state index is 12.4. The molecule has 0 bridgehead atoms. The minimum absolute atomic E-state index is 0.0434. The summed E-state index contributed by atoms with van der Waals surface area (Å²) in [4.78, 5) is 26.4. The largest absolute Gasteiger partial charge is 0.480 e. The highest BCUT2D eigenvalue weighted by Crippen LogP contribution is 2.28. The van der Waals surface area contributed by atoms with Gasteiger partial charge in [-0.15, -0.1) is 0 Å². The minimum atomic E-state index is -0.428. The number of nitrogens with one attached hydrogen (secondary N) is 1. The van der Waals surface area contributed by atoms with E-state index in [4.69, 9.17) is 4.74 Å². The zero-order valence-electron chi connectivity index (χ0n) is 14.5. The van der Waals surface area contributed by atoms with Crippen LogP contribution >= 0.6 is 0 Å². The number of carbonyl (C=O) groups excluding carboxylic acids is 2. The average molecular weight is 330 g/mol. The van der Waals surface area contributed by atoms with Gasteiger partial charge in [0.1, 0.15) is 5.75 Å². The van der Waals surface area contributed by atoms with Crippen LogP contribution in [-0.2, 0) is 16.0 Å². The zero-order chi connectivity index (χ0) is 17.1. The summed E-state index contributed by atoms with van der Waals surface area (Å²) in [6, 6.07) is 7.92. The van der Waals surface area contributed by atoms with Crippen molar-refractivity contribution in [3.8, 4) is 5.75 Å². The molecule has 3 rings (SSSR count). The van der Waals surface area contributed by atoms with Crippen molar-refractivity contribution in [2.24, 2.45) is 5.92 Å². The van der Waals surface area contributed by atoms with E-state index in [2.05, 4.69) is 19.2 Å². The molecule has 5 heteroatoms. The molecule has 0 radical (unpaired) electrons. The summed E-state index contributed by atoms with van der Waals surface area (Å²) < 4.78 is 5.74. The van der Waals surface area contributed by atoms with Crippen LogP contribution in [0.3, 0.4) is 0 Å². The Morgan fingerprint density at radius 2 is 1.96 bits per heavy atom. The molecule has 1 atom stereocenters. The van der Waals surface area contributed by atoms with Crippen LogP contribution in [0, 0.1) is 5.92 Å². The first-order valence-electron chi connectivity index (χ1n) is 8.85. The highest BCUT2D eigenvalue weighted by molar-refractivity contribution is 5.83. The molecule has 24 heavy (non-hydrogen) atoms. The van der Waals surface area contributed by atoms with E-state index in [0.717, 1.165) is 37.2 Å². The Balaban J connectivity index is 1.45. The molecule has 1 aromatic carbocycles. The van der Waals surface area contributed by atoms with Gasteiger partial charge < -0.3 is 15.0 Å². The van der Waals surface area contributed by atoms with Crippen LogP contribution in [0.25, 0.3) is 0 Å². The van der Waals surface area contributed by atoms with Crippen LogP contribution in [0.4, 0.5) is 0 Å². The van der Waals surface area contributed by atoms with Crippen LogP contribution in [0.1, 0.15) is 38.7 Å². The third-order valence-corrected chi connectivity index (χ3v) is 4.72. The number of hydrogen-bond acceptors (Lipinski definition) is 3. The van der Waals surface area contributed by atoms with Crippen molar-refractivity contribution < 1.29 is 14.3 Å². The fraction of sp³-hybridized carbons (Fsp3) is 0.579. The lowest BCUT2D eigenvalue weighted by molar-refractivity contribution is -0.133. The lowest BCUT2D eigenvalue weighted by atomic mass is 10.0. The summed E-state index contributed by atoms with van der Waals surface area (Å²) in [5, 5.41) is 3.09. The molecule has 0 spiro atoms. The first-order chi connectivity index (χ1) is 11.5. The number of ether oxygens (including phenoxy) is 1. The van der Waals surface area contributed by atoms with E-state index in [0.29, 0.717) is 18.8 Å². The van der Waals surface area contributed by atoms with Crippen molar-refractivity contribution in [2.75, 3.05) is 13.1 Å². The van der Waals surface area contributed by atoms with E-state index >= 15 is 0 Å². The fourth-order valence-electron chi connectivity index (χ4n) is 3.37. The number of hydrogen-bond donors (Lipinski definition) is 1. The van der Waals surface area contributed by atoms with Crippen LogP contribution in [-0.4, -0.2) is 41.9 Å². The average Bonchev–Trinajstić information content (AvgIpc) is 2.99. The van der Waals surface area contributed by atoms with E-state index < -0.39 is 6.10 Å². The second kappa shape index (κ2) is 7.24. The lowest BCUT2D eigenvalue weighted by Gasteiger charge is -2.33. The second-order valence-electron chi connectivity index (χ2n) is 7.18. The van der Waals surface area contributed by atoms with Gasteiger partial charge >= 0.3 is 0 Å². The van der Waals surface area contributed by atoms with E-state index in [1.54, 1.807) is 0 Å². The number of benzene rings is 1. The van der Waals surface area contributed by atoms with Gasteiger partial charge in [0.15, 0.2) is 6.10 Å². The number of amides is 2. The number of rotatable bonds is 4. The molecule has 130 valence electrons. The highest BCUT2D eigenvalue weighted by Gasteiger charge is 2.31. The predicted octanol–water partition coefficient (Wildman–Crippen LogP) is 2.14. The summed E-state index contributed by atoms with van der Waals surface area (Å²) in [6.07, 6.45) is 2.44. The fourth-order valence-corrected chi connectivity index (χ4v) is 3.37. The minimum Gasteiger partial charge on any atom is -0.480 e. The topological polar surface area (TPSA) is 58.6 Å². The van der Waals surface area contributed by atoms with Crippen molar-refractivity contribution in [1.29, 1.82) is 0 Å². The van der Waals surface area contributed by atoms with Crippen molar-refractivity contribution in [2.45, 2.75) is 51.7 Å². The van der Waals surface area contributed by atoms with Gasteiger partial charge in [0.05, 0.1) is 0 Å². The molecule has 2 aliphatic heterocycles. The zero-order valence-corrected chi connectivity index (χ0v) is 14.5. The quantitative estimate of drug-likeness (QED) is 0.920. The second-order valence-corrected chi connectivity index (χ2v) is 7.18. The van der Waals surface area contributed by atoms with Crippen molar-refractivity contribution in [3.05, 3.63) is 29.8 Å². The SMILES string of the molecule is CC(C)CC(=O)N1CCC(NC(=O)[C@H]2Cc3ccccc3O2)CC1. The van der Waals surface area contributed by atoms with E-state index in [1.807, 2.05) is 29.2 Å². The maximum Gasteiger partial charge on any atom is 0.261 e. The van der Waals surface area contributed by atoms with Crippen molar-refractivity contribution in [1.82, 2.24) is 10.2 Å². The smallest absolute Gasteiger partial charge is 0.261 e. The van der Waals surface area contributed by atoms with Gasteiger partial charge in [-0.25, -0.2) is 0 Å². The molecular weight excluding hydrogens is 304 g/mol. The first-order valence-corrected chi connectivity index (χ1v) is 8.85. The van der Waals surface area contributed by atoms with Crippen LogP contribution < -0.4 is 10.1 Å². The van der Waals surface area contributed by atoms with Gasteiger partial charge in [-0.2, -0.15) is 0 Å². The Hall–Kier alpha value is -2.04. The molecule has 0 aliphatic carbocycles. The molecule has 1 fully saturated rings. The maximum absolute atomic E-state index is 12.4. The molecule has 0 saturated carbocycles. The standard InChI is InChI=1S/C19H26N2O3/c1-13(2)11-18(22)21-9-7-15(8-10-21)20-19(23)17-12-14-5-3-4-6-16(14)24-17/h3-6,13,15,17H,7-12H2,1-2H3,(H,20,23)/t17-/m1/s1. The molecule has 1 saturated heterocycles. The third-order valence-electron chi connectivity index (χ3n) is 4.72. The van der Waals surface area contributed by atoms with Crippen LogP contribution in [0.5, 0.6) is 5.75 Å². The van der Waals surface area contributed by atoms with Crippen molar-refractivity contribution in [3.63, 3.8) is 0 Å². The Bertz CT molecular complexity index is 581. The molecule has 2 aliphatic rings. The Morgan fingerprint density at radius 1 is 1.25 bits per heavy atom. The molecule has 5 nitrogen and oxygen atoms in total. The Morgan fingerprint density at radius 3 is 2.62 bits per heavy atom.